The van der Waals surface area contributed by atoms with Crippen molar-refractivity contribution in [3.8, 4) is 0 Å². The Labute approximate surface area is 76.3 Å². The third-order valence-corrected chi connectivity index (χ3v) is 2.43. The number of aliphatic hydroxyl groups excluding tert-OH is 3. The highest BCUT2D eigenvalue weighted by Gasteiger charge is 2.22. The second-order valence-electron chi connectivity index (χ2n) is 1.93. The number of rotatable bonds is 4. The molecule has 0 aromatic heterocycles. The topological polar surface area (TPSA) is 60.7 Å². The van der Waals surface area contributed by atoms with Gasteiger partial charge in [0.25, 0.3) is 0 Å². The quantitative estimate of drug-likeness (QED) is 0.627. The van der Waals surface area contributed by atoms with Crippen LogP contribution >= 0.6 is 31.9 Å². The van der Waals surface area contributed by atoms with Gasteiger partial charge in [0.05, 0.1) is 12.2 Å². The molecule has 2 atom stereocenters. The molecule has 0 aliphatic heterocycles. The number of alkyl halides is 2. The standard InChI is InChI=1S/C5H10Br2O3/c6-1-3(8)5(10)4(9)2-7/h3-5,8-10H,1-2H2. The fraction of sp³-hybridized carbons (Fsp3) is 1.00. The van der Waals surface area contributed by atoms with Crippen LogP contribution < -0.4 is 0 Å². The van der Waals surface area contributed by atoms with E-state index in [1.54, 1.807) is 0 Å². The highest BCUT2D eigenvalue weighted by Crippen LogP contribution is 2.04. The molecular weight excluding hydrogens is 268 g/mol. The van der Waals surface area contributed by atoms with Gasteiger partial charge in [-0.15, -0.1) is 0 Å². The van der Waals surface area contributed by atoms with Crippen molar-refractivity contribution < 1.29 is 15.3 Å². The lowest BCUT2D eigenvalue weighted by atomic mass is 10.1. The molecule has 5 heteroatoms. The van der Waals surface area contributed by atoms with E-state index in [9.17, 15) is 0 Å². The Morgan fingerprint density at radius 2 is 1.20 bits per heavy atom. The molecule has 0 aromatic rings. The first-order chi connectivity index (χ1) is 4.63. The first-order valence-corrected chi connectivity index (χ1v) is 5.04. The molecule has 0 amide bonds. The largest absolute Gasteiger partial charge is 0.389 e. The van der Waals surface area contributed by atoms with Crippen LogP contribution in [-0.2, 0) is 0 Å². The van der Waals surface area contributed by atoms with Gasteiger partial charge in [-0.2, -0.15) is 0 Å². The number of halogens is 2. The SMILES string of the molecule is OC(CBr)C(O)C(O)CBr. The number of hydrogen-bond acceptors (Lipinski definition) is 3. The van der Waals surface area contributed by atoms with Crippen molar-refractivity contribution in [3.63, 3.8) is 0 Å². The van der Waals surface area contributed by atoms with Gasteiger partial charge in [-0.05, 0) is 0 Å². The lowest BCUT2D eigenvalue weighted by molar-refractivity contribution is -0.0390. The molecule has 10 heavy (non-hydrogen) atoms. The first kappa shape index (κ1) is 10.8. The van der Waals surface area contributed by atoms with Crippen molar-refractivity contribution in [1.29, 1.82) is 0 Å². The van der Waals surface area contributed by atoms with Gasteiger partial charge in [0.15, 0.2) is 0 Å². The van der Waals surface area contributed by atoms with Crippen molar-refractivity contribution in [1.82, 2.24) is 0 Å². The van der Waals surface area contributed by atoms with Crippen LogP contribution in [0.4, 0.5) is 0 Å². The first-order valence-electron chi connectivity index (χ1n) is 2.79. The maximum atomic E-state index is 9.03. The number of aliphatic hydroxyl groups is 3. The molecular formula is C5H10Br2O3. The summed E-state index contributed by atoms with van der Waals surface area (Å²) in [6.07, 6.45) is -2.90. The van der Waals surface area contributed by atoms with E-state index in [0.29, 0.717) is 0 Å². The Morgan fingerprint density at radius 3 is 1.40 bits per heavy atom. The molecule has 0 aliphatic carbocycles. The molecule has 2 unspecified atom stereocenters. The summed E-state index contributed by atoms with van der Waals surface area (Å²) in [5, 5.41) is 27.5. The third kappa shape index (κ3) is 3.30. The number of hydrogen-bond donors (Lipinski definition) is 3. The summed E-state index contributed by atoms with van der Waals surface area (Å²) in [5.74, 6) is 0. The van der Waals surface area contributed by atoms with Crippen molar-refractivity contribution in [3.05, 3.63) is 0 Å². The highest BCUT2D eigenvalue weighted by atomic mass is 79.9. The molecule has 0 bridgehead atoms. The Bertz CT molecular complexity index is 81.0. The third-order valence-electron chi connectivity index (χ3n) is 1.10. The van der Waals surface area contributed by atoms with Crippen molar-refractivity contribution in [2.24, 2.45) is 0 Å². The minimum absolute atomic E-state index is 0.262. The molecule has 0 aromatic carbocycles. The zero-order valence-electron chi connectivity index (χ0n) is 5.24. The summed E-state index contributed by atoms with van der Waals surface area (Å²) in [4.78, 5) is 0. The fourth-order valence-electron chi connectivity index (χ4n) is 0.439. The monoisotopic (exact) mass is 276 g/mol. The van der Waals surface area contributed by atoms with Crippen LogP contribution in [0, 0.1) is 0 Å². The maximum Gasteiger partial charge on any atom is 0.107 e. The predicted molar refractivity (Wildman–Crippen MR) is 45.6 cm³/mol. The van der Waals surface area contributed by atoms with Gasteiger partial charge >= 0.3 is 0 Å². The fourth-order valence-corrected chi connectivity index (χ4v) is 1.20. The molecule has 0 rings (SSSR count). The predicted octanol–water partition coefficient (Wildman–Crippen LogP) is -0.141. The maximum absolute atomic E-state index is 9.03. The Hall–Kier alpha value is 0.840. The van der Waals surface area contributed by atoms with Gasteiger partial charge < -0.3 is 15.3 Å². The molecule has 0 spiro atoms. The second kappa shape index (κ2) is 5.49. The smallest absolute Gasteiger partial charge is 0.107 e. The van der Waals surface area contributed by atoms with Crippen molar-refractivity contribution >= 4 is 31.9 Å². The van der Waals surface area contributed by atoms with Gasteiger partial charge in [-0.25, -0.2) is 0 Å². The van der Waals surface area contributed by atoms with Crippen molar-refractivity contribution in [2.75, 3.05) is 10.7 Å². The molecule has 0 saturated carbocycles. The van der Waals surface area contributed by atoms with Crippen LogP contribution in [0.3, 0.4) is 0 Å². The zero-order valence-corrected chi connectivity index (χ0v) is 8.42. The lowest BCUT2D eigenvalue weighted by Crippen LogP contribution is -2.39. The highest BCUT2D eigenvalue weighted by molar-refractivity contribution is 9.09. The summed E-state index contributed by atoms with van der Waals surface area (Å²) >= 11 is 5.95. The van der Waals surface area contributed by atoms with E-state index in [0.717, 1.165) is 0 Å². The van der Waals surface area contributed by atoms with E-state index in [-0.39, 0.29) is 10.7 Å². The van der Waals surface area contributed by atoms with Crippen LogP contribution in [0.1, 0.15) is 0 Å². The summed E-state index contributed by atoms with van der Waals surface area (Å²) in [7, 11) is 0. The van der Waals surface area contributed by atoms with E-state index in [1.165, 1.54) is 0 Å². The van der Waals surface area contributed by atoms with Gasteiger partial charge in [-0.1, -0.05) is 31.9 Å². The molecule has 3 N–H and O–H groups in total. The van der Waals surface area contributed by atoms with E-state index in [2.05, 4.69) is 31.9 Å². The van der Waals surface area contributed by atoms with Crippen molar-refractivity contribution in [2.45, 2.75) is 18.3 Å². The van der Waals surface area contributed by atoms with E-state index in [1.807, 2.05) is 0 Å². The molecule has 62 valence electrons. The molecule has 0 saturated heterocycles. The summed E-state index contributed by atoms with van der Waals surface area (Å²) in [6.45, 7) is 0. The average Bonchev–Trinajstić information content (AvgIpc) is 2.00. The Kier molecular flexibility index (Phi) is 5.95. The van der Waals surface area contributed by atoms with Gasteiger partial charge in [0.2, 0.25) is 0 Å². The second-order valence-corrected chi connectivity index (χ2v) is 3.23. The summed E-state index contributed by atoms with van der Waals surface area (Å²) in [6, 6.07) is 0. The van der Waals surface area contributed by atoms with E-state index >= 15 is 0 Å². The van der Waals surface area contributed by atoms with Gasteiger partial charge in [-0.3, -0.25) is 0 Å². The van der Waals surface area contributed by atoms with Crippen LogP contribution in [0.25, 0.3) is 0 Å². The zero-order chi connectivity index (χ0) is 8.15. The normalized spacial score (nSPS) is 20.1. The molecule has 0 radical (unpaired) electrons. The van der Waals surface area contributed by atoms with Crippen LogP contribution in [-0.4, -0.2) is 44.3 Å². The van der Waals surface area contributed by atoms with Crippen LogP contribution in [0.5, 0.6) is 0 Å². The lowest BCUT2D eigenvalue weighted by Gasteiger charge is -2.19. The average molecular weight is 278 g/mol. The van der Waals surface area contributed by atoms with Gasteiger partial charge in [0.1, 0.15) is 6.10 Å². The van der Waals surface area contributed by atoms with Gasteiger partial charge in [0, 0.05) is 10.7 Å². The van der Waals surface area contributed by atoms with Crippen LogP contribution in [0.2, 0.25) is 0 Å². The van der Waals surface area contributed by atoms with Crippen LogP contribution in [0.15, 0.2) is 0 Å². The molecule has 3 nitrogen and oxygen atoms in total. The molecule has 0 heterocycles. The minimum atomic E-state index is -1.08. The Morgan fingerprint density at radius 1 is 0.900 bits per heavy atom. The molecule has 0 fully saturated rings. The molecule has 0 aliphatic rings. The summed E-state index contributed by atoms with van der Waals surface area (Å²) in [5.41, 5.74) is 0. The minimum Gasteiger partial charge on any atom is -0.389 e. The Balaban J connectivity index is 3.69. The summed E-state index contributed by atoms with van der Waals surface area (Å²) < 4.78 is 0. The van der Waals surface area contributed by atoms with E-state index < -0.39 is 18.3 Å². The van der Waals surface area contributed by atoms with E-state index in [4.69, 9.17) is 15.3 Å².